The first-order valence-corrected chi connectivity index (χ1v) is 11.2. The van der Waals surface area contributed by atoms with Crippen LogP contribution in [0.4, 0.5) is 5.82 Å². The molecule has 2 aromatic heterocycles. The molecule has 2 heterocycles. The molecule has 0 saturated carbocycles. The Labute approximate surface area is 201 Å². The molecule has 3 aromatic carbocycles. The van der Waals surface area contributed by atoms with Gasteiger partial charge >= 0.3 is 0 Å². The topological polar surface area (TPSA) is 83.6 Å². The van der Waals surface area contributed by atoms with Crippen molar-refractivity contribution in [1.82, 2.24) is 14.5 Å². The van der Waals surface area contributed by atoms with Crippen molar-refractivity contribution in [2.24, 2.45) is 0 Å². The Kier molecular flexibility index (Phi) is 5.70. The van der Waals surface area contributed by atoms with Crippen LogP contribution in [0.2, 0.25) is 5.02 Å². The zero-order valence-electron chi connectivity index (χ0n) is 18.4. The predicted molar refractivity (Wildman–Crippen MR) is 134 cm³/mol. The zero-order chi connectivity index (χ0) is 23.7. The summed E-state index contributed by atoms with van der Waals surface area (Å²) in [7, 11) is 0. The van der Waals surface area contributed by atoms with Crippen LogP contribution in [0, 0.1) is 18.3 Å². The van der Waals surface area contributed by atoms with Crippen LogP contribution in [-0.2, 0) is 13.0 Å². The lowest BCUT2D eigenvalue weighted by Gasteiger charge is -2.13. The number of halogens is 1. The van der Waals surface area contributed by atoms with E-state index in [1.54, 1.807) is 24.3 Å². The number of nitriles is 1. The number of para-hydroxylation sites is 2. The monoisotopic (exact) mass is 465 g/mol. The van der Waals surface area contributed by atoms with Crippen LogP contribution in [-0.4, -0.2) is 20.4 Å². The summed E-state index contributed by atoms with van der Waals surface area (Å²) < 4.78 is 1.87. The van der Waals surface area contributed by atoms with Crippen molar-refractivity contribution >= 4 is 45.5 Å². The summed E-state index contributed by atoms with van der Waals surface area (Å²) in [5, 5.41) is 13.3. The molecule has 0 aliphatic heterocycles. The smallest absolute Gasteiger partial charge is 0.258 e. The number of rotatable bonds is 5. The van der Waals surface area contributed by atoms with E-state index in [1.807, 2.05) is 41.0 Å². The van der Waals surface area contributed by atoms with Crippen LogP contribution in [0.25, 0.3) is 22.2 Å². The number of hydrogen-bond donors (Lipinski definition) is 1. The van der Waals surface area contributed by atoms with Gasteiger partial charge in [0.2, 0.25) is 0 Å². The Hall–Kier alpha value is -4.21. The first-order chi connectivity index (χ1) is 16.6. The van der Waals surface area contributed by atoms with E-state index in [0.717, 1.165) is 5.52 Å². The Morgan fingerprint density at radius 1 is 1.00 bits per heavy atom. The Morgan fingerprint density at radius 3 is 2.41 bits per heavy atom. The van der Waals surface area contributed by atoms with Gasteiger partial charge in [-0.3, -0.25) is 4.79 Å². The SMILES string of the molecule is Cc1ccccc1CCn1c(NC(=O)c2ccccc2Cl)c(C#N)c2nc3ccccc3nc21. The van der Waals surface area contributed by atoms with E-state index < -0.39 is 5.91 Å². The third-order valence-electron chi connectivity index (χ3n) is 5.88. The molecule has 166 valence electrons. The summed E-state index contributed by atoms with van der Waals surface area (Å²) in [6.45, 7) is 2.57. The average molecular weight is 466 g/mol. The van der Waals surface area contributed by atoms with E-state index in [0.29, 0.717) is 46.1 Å². The average Bonchev–Trinajstić information content (AvgIpc) is 3.13. The number of benzene rings is 3. The maximum absolute atomic E-state index is 13.1. The van der Waals surface area contributed by atoms with E-state index in [-0.39, 0.29) is 5.56 Å². The summed E-state index contributed by atoms with van der Waals surface area (Å²) in [5.41, 5.74) is 5.38. The van der Waals surface area contributed by atoms with Crippen molar-refractivity contribution in [2.45, 2.75) is 19.9 Å². The molecule has 0 radical (unpaired) electrons. The zero-order valence-corrected chi connectivity index (χ0v) is 19.2. The first kappa shape index (κ1) is 21.6. The van der Waals surface area contributed by atoms with Crippen molar-refractivity contribution in [3.8, 4) is 6.07 Å². The minimum atomic E-state index is -0.397. The van der Waals surface area contributed by atoms with Crippen molar-refractivity contribution < 1.29 is 4.79 Å². The Bertz CT molecular complexity index is 1600. The number of nitrogens with zero attached hydrogens (tertiary/aromatic N) is 4. The fourth-order valence-electron chi connectivity index (χ4n) is 4.10. The van der Waals surface area contributed by atoms with Gasteiger partial charge in [-0.25, -0.2) is 9.97 Å². The third-order valence-corrected chi connectivity index (χ3v) is 6.21. The second kappa shape index (κ2) is 8.97. The van der Waals surface area contributed by atoms with E-state index in [2.05, 4.69) is 30.4 Å². The highest BCUT2D eigenvalue weighted by Crippen LogP contribution is 2.30. The molecule has 0 atom stereocenters. The number of anilines is 1. The summed E-state index contributed by atoms with van der Waals surface area (Å²) in [6.07, 6.45) is 0.699. The van der Waals surface area contributed by atoms with Crippen molar-refractivity contribution in [3.05, 3.63) is 100 Å². The molecule has 34 heavy (non-hydrogen) atoms. The number of carbonyl (C=O) groups excluding carboxylic acids is 1. The summed E-state index contributed by atoms with van der Waals surface area (Å²) in [6, 6.07) is 24.7. The summed E-state index contributed by atoms with van der Waals surface area (Å²) >= 11 is 6.25. The van der Waals surface area contributed by atoms with E-state index in [9.17, 15) is 10.1 Å². The van der Waals surface area contributed by atoms with Gasteiger partial charge in [-0.05, 0) is 48.7 Å². The third kappa shape index (κ3) is 3.87. The highest BCUT2D eigenvalue weighted by Gasteiger charge is 2.23. The van der Waals surface area contributed by atoms with Gasteiger partial charge in [0.05, 0.1) is 21.6 Å². The fourth-order valence-corrected chi connectivity index (χ4v) is 4.32. The highest BCUT2D eigenvalue weighted by atomic mass is 35.5. The Morgan fingerprint density at radius 2 is 1.68 bits per heavy atom. The fraction of sp³-hybridized carbons (Fsp3) is 0.111. The molecule has 1 amide bonds. The minimum Gasteiger partial charge on any atom is -0.309 e. The van der Waals surface area contributed by atoms with Gasteiger partial charge in [-0.1, -0.05) is 60.1 Å². The second-order valence-corrected chi connectivity index (χ2v) is 8.39. The van der Waals surface area contributed by atoms with Crippen LogP contribution in [0.5, 0.6) is 0 Å². The van der Waals surface area contributed by atoms with E-state index in [1.165, 1.54) is 11.1 Å². The van der Waals surface area contributed by atoms with Gasteiger partial charge in [0, 0.05) is 6.54 Å². The molecule has 5 aromatic rings. The normalized spacial score (nSPS) is 11.0. The molecule has 5 rings (SSSR count). The van der Waals surface area contributed by atoms with Gasteiger partial charge in [-0.15, -0.1) is 0 Å². The van der Waals surface area contributed by atoms with Crippen LogP contribution >= 0.6 is 11.6 Å². The number of aromatic nitrogens is 3. The molecule has 6 nitrogen and oxygen atoms in total. The van der Waals surface area contributed by atoms with Crippen LogP contribution < -0.4 is 5.32 Å². The largest absolute Gasteiger partial charge is 0.309 e. The van der Waals surface area contributed by atoms with Gasteiger partial charge in [0.25, 0.3) is 5.91 Å². The number of aryl methyl sites for hydroxylation is 3. The molecule has 1 N–H and O–H groups in total. The molecule has 0 unspecified atom stereocenters. The van der Waals surface area contributed by atoms with Crippen molar-refractivity contribution in [3.63, 3.8) is 0 Å². The summed E-state index contributed by atoms with van der Waals surface area (Å²) in [5.74, 6) is -0.0297. The van der Waals surface area contributed by atoms with Crippen LogP contribution in [0.1, 0.15) is 27.0 Å². The summed E-state index contributed by atoms with van der Waals surface area (Å²) in [4.78, 5) is 22.7. The molecule has 0 fully saturated rings. The van der Waals surface area contributed by atoms with Gasteiger partial charge < -0.3 is 9.88 Å². The molecule has 7 heteroatoms. The number of hydrogen-bond acceptors (Lipinski definition) is 4. The number of amides is 1. The number of nitrogens with one attached hydrogen (secondary N) is 1. The predicted octanol–water partition coefficient (Wildman–Crippen LogP) is 5.91. The lowest BCUT2D eigenvalue weighted by atomic mass is 10.1. The Balaban J connectivity index is 1.66. The molecule has 0 aliphatic carbocycles. The first-order valence-electron chi connectivity index (χ1n) is 10.9. The van der Waals surface area contributed by atoms with Crippen molar-refractivity contribution in [1.29, 1.82) is 5.26 Å². The van der Waals surface area contributed by atoms with Crippen molar-refractivity contribution in [2.75, 3.05) is 5.32 Å². The van der Waals surface area contributed by atoms with Gasteiger partial charge in [0.15, 0.2) is 5.65 Å². The number of carbonyl (C=O) groups is 1. The number of fused-ring (bicyclic) bond motifs is 2. The standard InChI is InChI=1S/C27H20ClN5O/c1-17-8-2-3-9-18(17)14-15-33-25(32-27(34)19-10-4-5-11-21(19)28)20(16-29)24-26(33)31-23-13-7-6-12-22(23)30-24/h2-13H,14-15H2,1H3,(H,32,34). The van der Waals surface area contributed by atoms with E-state index >= 15 is 0 Å². The maximum Gasteiger partial charge on any atom is 0.258 e. The molecule has 0 bridgehead atoms. The lowest BCUT2D eigenvalue weighted by molar-refractivity contribution is 0.102. The van der Waals surface area contributed by atoms with E-state index in [4.69, 9.17) is 21.6 Å². The quantitative estimate of drug-likeness (QED) is 0.349. The van der Waals surface area contributed by atoms with Gasteiger partial charge in [0.1, 0.15) is 23.0 Å². The van der Waals surface area contributed by atoms with Crippen LogP contribution in [0.3, 0.4) is 0 Å². The van der Waals surface area contributed by atoms with Gasteiger partial charge in [-0.2, -0.15) is 5.26 Å². The molecule has 0 spiro atoms. The molecular formula is C27H20ClN5O. The minimum absolute atomic E-state index is 0.276. The van der Waals surface area contributed by atoms with Crippen LogP contribution in [0.15, 0.2) is 72.8 Å². The molecule has 0 saturated heterocycles. The second-order valence-electron chi connectivity index (χ2n) is 7.98. The molecule has 0 aliphatic rings. The maximum atomic E-state index is 13.1. The highest BCUT2D eigenvalue weighted by molar-refractivity contribution is 6.34. The molecular weight excluding hydrogens is 446 g/mol. The lowest BCUT2D eigenvalue weighted by Crippen LogP contribution is -2.17.